The molecule has 1 heterocycles. The Bertz CT molecular complexity index is 824. The van der Waals surface area contributed by atoms with Gasteiger partial charge in [-0.3, -0.25) is 9.59 Å². The molecule has 2 rings (SSSR count). The van der Waals surface area contributed by atoms with E-state index >= 15 is 0 Å². The van der Waals surface area contributed by atoms with Crippen LogP contribution >= 0.6 is 0 Å². The molecule has 6 nitrogen and oxygen atoms in total. The number of nitrogens with one attached hydrogen (secondary N) is 2. The van der Waals surface area contributed by atoms with Gasteiger partial charge in [-0.25, -0.2) is 0 Å². The van der Waals surface area contributed by atoms with Crippen molar-refractivity contribution < 1.29 is 9.59 Å². The third kappa shape index (κ3) is 4.79. The molecule has 1 saturated carbocycles. The van der Waals surface area contributed by atoms with E-state index in [0.717, 1.165) is 23.1 Å². The Morgan fingerprint density at radius 3 is 2.38 bits per heavy atom. The first-order valence-electron chi connectivity index (χ1n) is 10.2. The molecule has 29 heavy (non-hydrogen) atoms. The first-order chi connectivity index (χ1) is 13.7. The van der Waals surface area contributed by atoms with Crippen LogP contribution in [0.2, 0.25) is 0 Å². The lowest BCUT2D eigenvalue weighted by atomic mass is 9.91. The number of hydrogen-bond acceptors (Lipinski definition) is 4. The molecule has 0 aromatic heterocycles. The number of amides is 2. The topological polar surface area (TPSA) is 85.2 Å². The summed E-state index contributed by atoms with van der Waals surface area (Å²) in [5, 5.41) is 15.6. The van der Waals surface area contributed by atoms with Gasteiger partial charge in [0.1, 0.15) is 5.82 Å². The average Bonchev–Trinajstić information content (AvgIpc) is 3.33. The minimum Gasteiger partial charge on any atom is -0.375 e. The maximum absolute atomic E-state index is 12.5. The molecule has 0 bridgehead atoms. The highest BCUT2D eigenvalue weighted by Gasteiger charge is 2.53. The molecule has 1 saturated heterocycles. The third-order valence-electron chi connectivity index (χ3n) is 5.87. The van der Waals surface area contributed by atoms with E-state index in [-0.39, 0.29) is 17.7 Å². The molecule has 0 spiro atoms. The minimum absolute atomic E-state index is 0.0746. The molecule has 0 aromatic carbocycles. The zero-order valence-corrected chi connectivity index (χ0v) is 18.1. The van der Waals surface area contributed by atoms with Crippen molar-refractivity contribution in [2.45, 2.75) is 40.5 Å². The fourth-order valence-corrected chi connectivity index (χ4v) is 3.60. The highest BCUT2D eigenvalue weighted by Crippen LogP contribution is 2.57. The quantitative estimate of drug-likeness (QED) is 0.618. The summed E-state index contributed by atoms with van der Waals surface area (Å²) in [6.07, 6.45) is 7.13. The van der Waals surface area contributed by atoms with Crippen LogP contribution in [-0.4, -0.2) is 36.9 Å². The lowest BCUT2D eigenvalue weighted by molar-refractivity contribution is -0.142. The highest BCUT2D eigenvalue weighted by molar-refractivity contribution is 5.85. The second-order valence-electron chi connectivity index (χ2n) is 7.96. The van der Waals surface area contributed by atoms with Gasteiger partial charge < -0.3 is 15.5 Å². The molecular weight excluding hydrogens is 364 g/mol. The van der Waals surface area contributed by atoms with Gasteiger partial charge in [-0.2, -0.15) is 5.26 Å². The summed E-state index contributed by atoms with van der Waals surface area (Å²) < 4.78 is 0. The Kier molecular flexibility index (Phi) is 7.07. The lowest BCUT2D eigenvalue weighted by Crippen LogP contribution is -2.55. The first kappa shape index (κ1) is 22.5. The molecule has 6 heteroatoms. The maximum Gasteiger partial charge on any atom is 0.232 e. The van der Waals surface area contributed by atoms with E-state index < -0.39 is 5.41 Å². The molecule has 0 radical (unpaired) electrons. The van der Waals surface area contributed by atoms with Crippen molar-refractivity contribution in [2.24, 2.45) is 17.3 Å². The minimum atomic E-state index is -0.423. The number of allylic oxidation sites excluding steroid dienone is 6. The van der Waals surface area contributed by atoms with Gasteiger partial charge >= 0.3 is 0 Å². The smallest absolute Gasteiger partial charge is 0.232 e. The van der Waals surface area contributed by atoms with Crippen LogP contribution in [0.4, 0.5) is 0 Å². The van der Waals surface area contributed by atoms with Crippen LogP contribution in [-0.2, 0) is 9.59 Å². The Morgan fingerprint density at radius 1 is 1.34 bits per heavy atom. The van der Waals surface area contributed by atoms with E-state index in [1.54, 1.807) is 11.9 Å². The van der Waals surface area contributed by atoms with Crippen LogP contribution in [0, 0.1) is 28.6 Å². The van der Waals surface area contributed by atoms with Crippen molar-refractivity contribution >= 4 is 11.8 Å². The molecule has 1 aliphatic heterocycles. The molecule has 2 fully saturated rings. The number of likely N-dealkylation sites (tertiary alicyclic amines) is 1. The summed E-state index contributed by atoms with van der Waals surface area (Å²) >= 11 is 0. The van der Waals surface area contributed by atoms with Crippen molar-refractivity contribution in [1.29, 1.82) is 5.26 Å². The highest BCUT2D eigenvalue weighted by atomic mass is 16.2. The van der Waals surface area contributed by atoms with E-state index in [2.05, 4.69) is 30.2 Å². The third-order valence-corrected chi connectivity index (χ3v) is 5.87. The van der Waals surface area contributed by atoms with Crippen LogP contribution < -0.4 is 10.6 Å². The number of rotatable bonds is 8. The molecule has 2 unspecified atom stereocenters. The van der Waals surface area contributed by atoms with Crippen LogP contribution in [0.5, 0.6) is 0 Å². The molecule has 2 aliphatic rings. The standard InChI is InChI=1S/C23H32N4O2/c1-7-19(23(14-24)11-16(23)5)9-17(15(3)4)10-20(25-6)26-22(29)18-12-27(13-18)21(28)8-2/h7,9-10,16,18,25H,3,8,11-13H2,1-2,4-6H3,(H,26,29)/b17-9-,19-7+,20-10+. The van der Waals surface area contributed by atoms with E-state index in [1.165, 1.54) is 0 Å². The van der Waals surface area contributed by atoms with Crippen LogP contribution in [0.3, 0.4) is 0 Å². The number of nitriles is 1. The van der Waals surface area contributed by atoms with Gasteiger partial charge in [0.05, 0.1) is 17.4 Å². The fraction of sp³-hybridized carbons (Fsp3) is 0.522. The van der Waals surface area contributed by atoms with Gasteiger partial charge in [-0.1, -0.05) is 38.2 Å². The van der Waals surface area contributed by atoms with Gasteiger partial charge in [0.2, 0.25) is 11.8 Å². The molecule has 2 N–H and O–H groups in total. The normalized spacial score (nSPS) is 25.0. The van der Waals surface area contributed by atoms with E-state index in [1.807, 2.05) is 39.0 Å². The zero-order chi connectivity index (χ0) is 21.8. The van der Waals surface area contributed by atoms with Gasteiger partial charge in [0, 0.05) is 26.6 Å². The summed E-state index contributed by atoms with van der Waals surface area (Å²) in [6, 6.07) is 2.46. The predicted molar refractivity (Wildman–Crippen MR) is 114 cm³/mol. The van der Waals surface area contributed by atoms with Gasteiger partial charge in [-0.05, 0) is 43.4 Å². The summed E-state index contributed by atoms with van der Waals surface area (Å²) in [5.74, 6) is 0.670. The van der Waals surface area contributed by atoms with Crippen LogP contribution in [0.1, 0.15) is 40.5 Å². The Morgan fingerprint density at radius 2 is 1.97 bits per heavy atom. The van der Waals surface area contributed by atoms with Crippen molar-refractivity contribution in [3.05, 3.63) is 47.3 Å². The Hall–Kier alpha value is -2.81. The summed E-state index contributed by atoms with van der Waals surface area (Å²) in [5.41, 5.74) is 2.26. The number of carbonyl (C=O) groups excluding carboxylic acids is 2. The SMILES string of the molecule is C=C(C)C(=C\C(=C/C)C1(C#N)CC1C)/C=C(\NC)NC(=O)C1CN(C(=O)CC)C1. The Labute approximate surface area is 174 Å². The summed E-state index contributed by atoms with van der Waals surface area (Å²) in [6.45, 7) is 12.7. The van der Waals surface area contributed by atoms with Crippen molar-refractivity contribution in [3.8, 4) is 6.07 Å². The molecule has 1 aliphatic carbocycles. The van der Waals surface area contributed by atoms with Crippen molar-refractivity contribution in [3.63, 3.8) is 0 Å². The number of nitrogens with zero attached hydrogens (tertiary/aromatic N) is 2. The summed E-state index contributed by atoms with van der Waals surface area (Å²) in [4.78, 5) is 25.9. The molecule has 156 valence electrons. The molecule has 2 amide bonds. The maximum atomic E-state index is 12.5. The van der Waals surface area contributed by atoms with E-state index in [9.17, 15) is 14.9 Å². The van der Waals surface area contributed by atoms with Crippen LogP contribution in [0.25, 0.3) is 0 Å². The lowest BCUT2D eigenvalue weighted by Gasteiger charge is -2.38. The molecule has 0 aromatic rings. The monoisotopic (exact) mass is 396 g/mol. The predicted octanol–water partition coefficient (Wildman–Crippen LogP) is 3.03. The number of hydrogen-bond donors (Lipinski definition) is 2. The number of carbonyl (C=O) groups is 2. The van der Waals surface area contributed by atoms with Gasteiger partial charge in [-0.15, -0.1) is 0 Å². The van der Waals surface area contributed by atoms with E-state index in [0.29, 0.717) is 31.2 Å². The molecular formula is C23H32N4O2. The van der Waals surface area contributed by atoms with Crippen LogP contribution in [0.15, 0.2) is 47.3 Å². The van der Waals surface area contributed by atoms with Gasteiger partial charge in [0.25, 0.3) is 0 Å². The largest absolute Gasteiger partial charge is 0.375 e. The first-order valence-corrected chi connectivity index (χ1v) is 10.2. The van der Waals surface area contributed by atoms with Gasteiger partial charge in [0.15, 0.2) is 0 Å². The second-order valence-corrected chi connectivity index (χ2v) is 7.96. The zero-order valence-electron chi connectivity index (χ0n) is 18.1. The van der Waals surface area contributed by atoms with Crippen molar-refractivity contribution in [1.82, 2.24) is 15.5 Å². The van der Waals surface area contributed by atoms with E-state index in [4.69, 9.17) is 0 Å². The average molecular weight is 397 g/mol. The second kappa shape index (κ2) is 9.13. The van der Waals surface area contributed by atoms with Crippen molar-refractivity contribution in [2.75, 3.05) is 20.1 Å². The summed E-state index contributed by atoms with van der Waals surface area (Å²) in [7, 11) is 1.74. The fourth-order valence-electron chi connectivity index (χ4n) is 3.60. The Balaban J connectivity index is 2.14. The molecule has 2 atom stereocenters.